The van der Waals surface area contributed by atoms with Crippen molar-refractivity contribution in [3.63, 3.8) is 0 Å². The van der Waals surface area contributed by atoms with Crippen LogP contribution in [-0.4, -0.2) is 85.1 Å². The van der Waals surface area contributed by atoms with E-state index in [0.717, 1.165) is 62.9 Å². The molecule has 3 heterocycles. The molecule has 1 amide bonds. The van der Waals surface area contributed by atoms with Gasteiger partial charge in [0.05, 0.1) is 23.4 Å². The van der Waals surface area contributed by atoms with Crippen molar-refractivity contribution in [3.8, 4) is 0 Å². The van der Waals surface area contributed by atoms with Gasteiger partial charge in [0.25, 0.3) is 0 Å². The van der Waals surface area contributed by atoms with E-state index in [1.807, 2.05) is 12.2 Å². The Hall–Kier alpha value is -3.87. The highest BCUT2D eigenvalue weighted by Gasteiger charge is 2.32. The Morgan fingerprint density at radius 2 is 1.78 bits per heavy atom. The second kappa shape index (κ2) is 12.8. The number of allylic oxidation sites excluding steroid dienone is 1. The smallest absolute Gasteiger partial charge is 0.234 e. The first-order valence-corrected chi connectivity index (χ1v) is 13.8. The number of pyridine rings is 1. The molecule has 0 spiro atoms. The molecule has 3 aliphatic rings. The minimum Gasteiger partial charge on any atom is -0.383 e. The van der Waals surface area contributed by atoms with E-state index in [-0.39, 0.29) is 40.9 Å². The molecule has 1 aromatic carbocycles. The predicted molar refractivity (Wildman–Crippen MR) is 154 cm³/mol. The van der Waals surface area contributed by atoms with Crippen LogP contribution in [0.4, 0.5) is 26.0 Å². The number of nitrogens with zero attached hydrogens (tertiary/aromatic N) is 3. The van der Waals surface area contributed by atoms with Crippen LogP contribution in [0.3, 0.4) is 0 Å². The first kappa shape index (κ1) is 28.7. The van der Waals surface area contributed by atoms with Gasteiger partial charge in [-0.3, -0.25) is 10.2 Å². The molecule has 1 aliphatic carbocycles. The number of carbonyl (C=O) groups is 1. The van der Waals surface area contributed by atoms with Gasteiger partial charge in [0.2, 0.25) is 5.91 Å². The number of rotatable bonds is 7. The zero-order valence-electron chi connectivity index (χ0n) is 23.0. The summed E-state index contributed by atoms with van der Waals surface area (Å²) in [5.41, 5.74) is 7.84. The van der Waals surface area contributed by atoms with Crippen LogP contribution < -0.4 is 21.7 Å². The fraction of sp³-hybridized carbons (Fsp3) is 0.414. The van der Waals surface area contributed by atoms with E-state index < -0.39 is 17.6 Å². The quantitative estimate of drug-likeness (QED) is 0.255. The number of nitrogen functional groups attached to an aromatic ring is 1. The van der Waals surface area contributed by atoms with E-state index in [1.54, 1.807) is 0 Å². The summed E-state index contributed by atoms with van der Waals surface area (Å²) < 4.78 is 32.8. The normalized spacial score (nSPS) is 21.8. The molecule has 2 atom stereocenters. The van der Waals surface area contributed by atoms with E-state index in [4.69, 9.17) is 15.9 Å². The van der Waals surface area contributed by atoms with Crippen molar-refractivity contribution in [2.24, 2.45) is 5.92 Å². The Labute approximate surface area is 238 Å². The average Bonchev–Trinajstić information content (AvgIpc) is 2.94. The molecule has 2 fully saturated rings. The van der Waals surface area contributed by atoms with Crippen LogP contribution in [0, 0.1) is 23.0 Å². The van der Waals surface area contributed by atoms with Crippen LogP contribution in [0.2, 0.25) is 0 Å². The third-order valence-corrected chi connectivity index (χ3v) is 7.62. The minimum atomic E-state index is -0.731. The zero-order valence-corrected chi connectivity index (χ0v) is 23.0. The van der Waals surface area contributed by atoms with Crippen molar-refractivity contribution >= 4 is 28.9 Å². The zero-order chi connectivity index (χ0) is 28.9. The van der Waals surface area contributed by atoms with Gasteiger partial charge in [0.15, 0.2) is 0 Å². The Morgan fingerprint density at radius 1 is 1.07 bits per heavy atom. The van der Waals surface area contributed by atoms with Gasteiger partial charge in [-0.2, -0.15) is 0 Å². The Kier molecular flexibility index (Phi) is 8.91. The third-order valence-electron chi connectivity index (χ3n) is 7.62. The number of halogens is 2. The number of benzene rings is 1. The van der Waals surface area contributed by atoms with Crippen molar-refractivity contribution in [3.05, 3.63) is 71.6 Å². The molecule has 41 heavy (non-hydrogen) atoms. The highest BCUT2D eigenvalue weighted by molar-refractivity contribution is 6.10. The van der Waals surface area contributed by atoms with Crippen molar-refractivity contribution in [1.29, 1.82) is 5.41 Å². The molecule has 1 aromatic heterocycles. The van der Waals surface area contributed by atoms with E-state index in [2.05, 4.69) is 43.9 Å². The highest BCUT2D eigenvalue weighted by Crippen LogP contribution is 2.25. The number of likely N-dealkylation sites (N-methyl/N-ethyl adjacent to an activating group) is 1. The standard InChI is InChI=1S/C29H36F2N8O2/c1-38-6-8-39(9-7-38)23-2-3-24(26(16-23)36-20-4-10-41-11-5-20)29(40)37-28(33)25-15-22(17-34-27(25)32)35-21-13-18(30)12-19(31)14-21/h2-3,12-17,20,24,26,35-36H,4-11H2,1H3,(H2,32,34)(H2,33,37,40). The first-order chi connectivity index (χ1) is 19.7. The third kappa shape index (κ3) is 7.26. The van der Waals surface area contributed by atoms with Gasteiger partial charge in [0.1, 0.15) is 23.3 Å². The van der Waals surface area contributed by atoms with Gasteiger partial charge in [-0.1, -0.05) is 6.08 Å². The largest absolute Gasteiger partial charge is 0.383 e. The summed E-state index contributed by atoms with van der Waals surface area (Å²) in [6.07, 6.45) is 9.11. The lowest BCUT2D eigenvalue weighted by molar-refractivity contribution is -0.122. The molecule has 5 rings (SSSR count). The molecular formula is C29H36F2N8O2. The molecule has 2 aliphatic heterocycles. The average molecular weight is 567 g/mol. The van der Waals surface area contributed by atoms with E-state index in [9.17, 15) is 13.6 Å². The summed E-state index contributed by atoms with van der Waals surface area (Å²) in [4.78, 5) is 22.3. The maximum Gasteiger partial charge on any atom is 0.234 e. The van der Waals surface area contributed by atoms with Gasteiger partial charge >= 0.3 is 0 Å². The summed E-state index contributed by atoms with van der Waals surface area (Å²) in [6.45, 7) is 5.13. The van der Waals surface area contributed by atoms with Crippen LogP contribution in [-0.2, 0) is 9.53 Å². The predicted octanol–water partition coefficient (Wildman–Crippen LogP) is 2.58. The van der Waals surface area contributed by atoms with Crippen molar-refractivity contribution < 1.29 is 18.3 Å². The lowest BCUT2D eigenvalue weighted by atomic mass is 9.90. The van der Waals surface area contributed by atoms with Gasteiger partial charge in [-0.15, -0.1) is 0 Å². The van der Waals surface area contributed by atoms with Crippen LogP contribution in [0.1, 0.15) is 18.4 Å². The molecule has 10 nitrogen and oxygen atoms in total. The minimum absolute atomic E-state index is 0.0413. The molecule has 0 bridgehead atoms. The number of anilines is 3. The molecule has 6 N–H and O–H groups in total. The Balaban J connectivity index is 1.30. The SMILES string of the molecule is CN1CCN(C2=CC(NC3CCOCC3)C(C(=O)NC(=N)c3cc(Nc4cc(F)cc(F)c4)cnc3N)C=C2)CC1. The fourth-order valence-electron chi connectivity index (χ4n) is 5.29. The summed E-state index contributed by atoms with van der Waals surface area (Å²) in [6, 6.07) is 4.50. The van der Waals surface area contributed by atoms with Gasteiger partial charge in [-0.25, -0.2) is 13.8 Å². The van der Waals surface area contributed by atoms with Crippen LogP contribution in [0.25, 0.3) is 0 Å². The molecule has 2 aromatic rings. The van der Waals surface area contributed by atoms with E-state index in [0.29, 0.717) is 18.9 Å². The number of amidine groups is 1. The van der Waals surface area contributed by atoms with E-state index in [1.165, 1.54) is 12.3 Å². The topological polar surface area (TPSA) is 132 Å². The number of amides is 1. The van der Waals surface area contributed by atoms with Gasteiger partial charge < -0.3 is 36.2 Å². The molecule has 0 radical (unpaired) electrons. The number of nitrogens with one attached hydrogen (secondary N) is 4. The summed E-state index contributed by atoms with van der Waals surface area (Å²) in [7, 11) is 2.11. The maximum absolute atomic E-state index is 13.6. The fourth-order valence-corrected chi connectivity index (χ4v) is 5.29. The number of carbonyl (C=O) groups excluding carboxylic acids is 1. The van der Waals surface area contributed by atoms with Crippen LogP contribution >= 0.6 is 0 Å². The Morgan fingerprint density at radius 3 is 2.49 bits per heavy atom. The molecule has 2 saturated heterocycles. The number of hydrogen-bond acceptors (Lipinski definition) is 9. The maximum atomic E-state index is 13.6. The summed E-state index contributed by atoms with van der Waals surface area (Å²) >= 11 is 0. The van der Waals surface area contributed by atoms with Gasteiger partial charge in [-0.05, 0) is 50.2 Å². The molecule has 2 unspecified atom stereocenters. The second-order valence-electron chi connectivity index (χ2n) is 10.7. The molecule has 0 saturated carbocycles. The lowest BCUT2D eigenvalue weighted by Gasteiger charge is -2.38. The number of hydrogen-bond donors (Lipinski definition) is 5. The first-order valence-electron chi connectivity index (χ1n) is 13.8. The number of piperazine rings is 1. The molecule has 218 valence electrons. The van der Waals surface area contributed by atoms with Crippen molar-refractivity contribution in [2.75, 3.05) is 57.5 Å². The second-order valence-corrected chi connectivity index (χ2v) is 10.7. The lowest BCUT2D eigenvalue weighted by Crippen LogP contribution is -2.51. The van der Waals surface area contributed by atoms with Crippen molar-refractivity contribution in [2.45, 2.75) is 24.9 Å². The van der Waals surface area contributed by atoms with Gasteiger partial charge in [0, 0.05) is 68.9 Å². The molecular weight excluding hydrogens is 530 g/mol. The van der Waals surface area contributed by atoms with E-state index >= 15 is 0 Å². The number of ether oxygens (including phenoxy) is 1. The monoisotopic (exact) mass is 566 g/mol. The Bertz CT molecular complexity index is 1320. The van der Waals surface area contributed by atoms with Crippen molar-refractivity contribution in [1.82, 2.24) is 25.4 Å². The molecule has 12 heteroatoms. The highest BCUT2D eigenvalue weighted by atomic mass is 19.1. The number of nitrogens with two attached hydrogens (primary N) is 1. The number of aromatic nitrogens is 1. The summed E-state index contributed by atoms with van der Waals surface area (Å²) in [5, 5.41) is 17.8. The summed E-state index contributed by atoms with van der Waals surface area (Å²) in [5.74, 6) is -2.55. The van der Waals surface area contributed by atoms with Crippen LogP contribution in [0.5, 0.6) is 0 Å². The van der Waals surface area contributed by atoms with Crippen LogP contribution in [0.15, 0.2) is 54.4 Å².